The fourth-order valence-electron chi connectivity index (χ4n) is 2.54. The van der Waals surface area contributed by atoms with Gasteiger partial charge in [0.15, 0.2) is 0 Å². The molecule has 0 saturated carbocycles. The number of allylic oxidation sites excluding steroid dienone is 1. The molecule has 0 saturated heterocycles. The number of aliphatic hydroxyl groups excluding tert-OH is 1. The van der Waals surface area contributed by atoms with E-state index in [4.69, 9.17) is 0 Å². The Labute approximate surface area is 107 Å². The summed E-state index contributed by atoms with van der Waals surface area (Å²) in [4.78, 5) is 0. The molecule has 17 heavy (non-hydrogen) atoms. The van der Waals surface area contributed by atoms with Gasteiger partial charge >= 0.3 is 0 Å². The summed E-state index contributed by atoms with van der Waals surface area (Å²) in [7, 11) is 0. The van der Waals surface area contributed by atoms with Gasteiger partial charge < -0.3 is 5.11 Å². The second-order valence-corrected chi connectivity index (χ2v) is 5.24. The lowest BCUT2D eigenvalue weighted by molar-refractivity contribution is 0.137. The Kier molecular flexibility index (Phi) is 8.08. The Hall–Kier alpha value is -0.560. The third-order valence-electron chi connectivity index (χ3n) is 3.70. The van der Waals surface area contributed by atoms with E-state index in [1.165, 1.54) is 57.8 Å². The standard InChI is InChI=1S/C16H28O/c1-2-3-4-5-6-7-8-9-10-12-15-13-11-14-16(15)17/h2,11,13,15-17H,1,3-10,12,14H2/t15-,16+/m1/s1. The van der Waals surface area contributed by atoms with Crippen LogP contribution in [-0.2, 0) is 0 Å². The minimum atomic E-state index is -0.0890. The van der Waals surface area contributed by atoms with E-state index < -0.39 is 0 Å². The van der Waals surface area contributed by atoms with Crippen LogP contribution in [0.3, 0.4) is 0 Å². The van der Waals surface area contributed by atoms with Gasteiger partial charge in [0.05, 0.1) is 6.10 Å². The molecule has 1 heteroatoms. The van der Waals surface area contributed by atoms with Gasteiger partial charge in [0, 0.05) is 5.92 Å². The SMILES string of the molecule is C=CCCCCCCCCC[C@@H]1C=CC[C@@H]1O. The molecule has 1 aliphatic rings. The van der Waals surface area contributed by atoms with E-state index in [1.807, 2.05) is 6.08 Å². The van der Waals surface area contributed by atoms with Crippen molar-refractivity contribution in [2.24, 2.45) is 5.92 Å². The summed E-state index contributed by atoms with van der Waals surface area (Å²) in [5.74, 6) is 0.447. The Balaban J connectivity index is 1.81. The zero-order valence-corrected chi connectivity index (χ0v) is 11.1. The fourth-order valence-corrected chi connectivity index (χ4v) is 2.54. The Morgan fingerprint density at radius 3 is 2.29 bits per heavy atom. The molecule has 1 nitrogen and oxygen atoms in total. The minimum Gasteiger partial charge on any atom is -0.392 e. The van der Waals surface area contributed by atoms with Crippen molar-refractivity contribution in [3.05, 3.63) is 24.8 Å². The van der Waals surface area contributed by atoms with Crippen LogP contribution in [0, 0.1) is 5.92 Å². The summed E-state index contributed by atoms with van der Waals surface area (Å²) >= 11 is 0. The van der Waals surface area contributed by atoms with Gasteiger partial charge in [-0.05, 0) is 25.7 Å². The average molecular weight is 236 g/mol. The molecule has 0 unspecified atom stereocenters. The number of unbranched alkanes of at least 4 members (excludes halogenated alkanes) is 7. The summed E-state index contributed by atoms with van der Waals surface area (Å²) in [5.41, 5.74) is 0. The van der Waals surface area contributed by atoms with Crippen molar-refractivity contribution in [1.29, 1.82) is 0 Å². The van der Waals surface area contributed by atoms with Gasteiger partial charge in [0.25, 0.3) is 0 Å². The van der Waals surface area contributed by atoms with Gasteiger partial charge in [-0.3, -0.25) is 0 Å². The van der Waals surface area contributed by atoms with E-state index in [0.29, 0.717) is 5.92 Å². The van der Waals surface area contributed by atoms with Crippen LogP contribution < -0.4 is 0 Å². The highest BCUT2D eigenvalue weighted by molar-refractivity contribution is 5.01. The fraction of sp³-hybridized carbons (Fsp3) is 0.750. The molecule has 0 aromatic heterocycles. The molecule has 0 radical (unpaired) electrons. The molecule has 1 N–H and O–H groups in total. The van der Waals surface area contributed by atoms with Crippen molar-refractivity contribution >= 4 is 0 Å². The van der Waals surface area contributed by atoms with Gasteiger partial charge in [-0.25, -0.2) is 0 Å². The highest BCUT2D eigenvalue weighted by Gasteiger charge is 2.18. The van der Waals surface area contributed by atoms with E-state index in [-0.39, 0.29) is 6.10 Å². The van der Waals surface area contributed by atoms with Crippen LogP contribution in [0.25, 0.3) is 0 Å². The van der Waals surface area contributed by atoms with E-state index in [2.05, 4.69) is 18.7 Å². The van der Waals surface area contributed by atoms with Crippen molar-refractivity contribution in [2.75, 3.05) is 0 Å². The lowest BCUT2D eigenvalue weighted by atomic mass is 9.98. The normalized spacial score (nSPS) is 23.1. The zero-order valence-electron chi connectivity index (χ0n) is 11.1. The average Bonchev–Trinajstić information content (AvgIpc) is 2.73. The first-order valence-corrected chi connectivity index (χ1v) is 7.30. The first-order chi connectivity index (χ1) is 8.34. The topological polar surface area (TPSA) is 20.2 Å². The van der Waals surface area contributed by atoms with Crippen LogP contribution in [0.2, 0.25) is 0 Å². The first kappa shape index (κ1) is 14.5. The molecular weight excluding hydrogens is 208 g/mol. The maximum Gasteiger partial charge on any atom is 0.0637 e. The van der Waals surface area contributed by atoms with E-state index >= 15 is 0 Å². The number of aliphatic hydroxyl groups is 1. The molecule has 1 aliphatic carbocycles. The van der Waals surface area contributed by atoms with Crippen LogP contribution in [-0.4, -0.2) is 11.2 Å². The molecule has 0 aromatic carbocycles. The monoisotopic (exact) mass is 236 g/mol. The van der Waals surface area contributed by atoms with E-state index in [0.717, 1.165) is 6.42 Å². The number of hydrogen-bond acceptors (Lipinski definition) is 1. The summed E-state index contributed by atoms with van der Waals surface area (Å²) in [5, 5.41) is 9.64. The zero-order chi connectivity index (χ0) is 12.3. The summed E-state index contributed by atoms with van der Waals surface area (Å²) in [6.45, 7) is 3.74. The second-order valence-electron chi connectivity index (χ2n) is 5.24. The van der Waals surface area contributed by atoms with Crippen molar-refractivity contribution < 1.29 is 5.11 Å². The molecule has 98 valence electrons. The lowest BCUT2D eigenvalue weighted by Crippen LogP contribution is -2.12. The Bertz CT molecular complexity index is 220. The third-order valence-corrected chi connectivity index (χ3v) is 3.70. The molecule has 0 bridgehead atoms. The van der Waals surface area contributed by atoms with Crippen LogP contribution >= 0.6 is 0 Å². The molecule has 0 aromatic rings. The number of rotatable bonds is 10. The summed E-state index contributed by atoms with van der Waals surface area (Å²) < 4.78 is 0. The maximum absolute atomic E-state index is 9.64. The Morgan fingerprint density at radius 2 is 1.71 bits per heavy atom. The molecule has 2 atom stereocenters. The van der Waals surface area contributed by atoms with Gasteiger partial charge in [-0.1, -0.05) is 56.8 Å². The van der Waals surface area contributed by atoms with Crippen molar-refractivity contribution in [1.82, 2.24) is 0 Å². The first-order valence-electron chi connectivity index (χ1n) is 7.30. The van der Waals surface area contributed by atoms with Gasteiger partial charge in [-0.2, -0.15) is 0 Å². The smallest absolute Gasteiger partial charge is 0.0637 e. The van der Waals surface area contributed by atoms with Gasteiger partial charge in [0.2, 0.25) is 0 Å². The number of hydrogen-bond donors (Lipinski definition) is 1. The van der Waals surface area contributed by atoms with Crippen LogP contribution in [0.15, 0.2) is 24.8 Å². The predicted octanol–water partition coefficient (Wildman–Crippen LogP) is 4.62. The van der Waals surface area contributed by atoms with Crippen molar-refractivity contribution in [2.45, 2.75) is 70.3 Å². The van der Waals surface area contributed by atoms with Crippen LogP contribution in [0.5, 0.6) is 0 Å². The second kappa shape index (κ2) is 9.47. The summed E-state index contributed by atoms with van der Waals surface area (Å²) in [6.07, 6.45) is 18.8. The molecule has 1 rings (SSSR count). The van der Waals surface area contributed by atoms with Crippen molar-refractivity contribution in [3.63, 3.8) is 0 Å². The quantitative estimate of drug-likeness (QED) is 0.433. The van der Waals surface area contributed by atoms with E-state index in [1.54, 1.807) is 0 Å². The lowest BCUT2D eigenvalue weighted by Gasteiger charge is -2.12. The predicted molar refractivity (Wildman–Crippen MR) is 75.0 cm³/mol. The van der Waals surface area contributed by atoms with Crippen molar-refractivity contribution in [3.8, 4) is 0 Å². The Morgan fingerprint density at radius 1 is 1.06 bits per heavy atom. The molecule has 0 heterocycles. The van der Waals surface area contributed by atoms with Gasteiger partial charge in [-0.15, -0.1) is 6.58 Å². The van der Waals surface area contributed by atoms with Gasteiger partial charge in [0.1, 0.15) is 0 Å². The van der Waals surface area contributed by atoms with E-state index in [9.17, 15) is 5.11 Å². The minimum absolute atomic E-state index is 0.0890. The highest BCUT2D eigenvalue weighted by Crippen LogP contribution is 2.23. The van der Waals surface area contributed by atoms with Crippen LogP contribution in [0.1, 0.15) is 64.2 Å². The summed E-state index contributed by atoms with van der Waals surface area (Å²) in [6, 6.07) is 0. The molecular formula is C16H28O. The van der Waals surface area contributed by atoms with Crippen LogP contribution in [0.4, 0.5) is 0 Å². The molecule has 0 aliphatic heterocycles. The third kappa shape index (κ3) is 6.68. The molecule has 0 spiro atoms. The largest absolute Gasteiger partial charge is 0.392 e. The highest BCUT2D eigenvalue weighted by atomic mass is 16.3. The molecule has 0 fully saturated rings. The molecule has 0 amide bonds. The maximum atomic E-state index is 9.64.